The number of nitriles is 1. The zero-order valence-corrected chi connectivity index (χ0v) is 13.7. The average Bonchev–Trinajstić information content (AvgIpc) is 2.52. The molecule has 2 N–H and O–H groups in total. The number of hydrogen-bond acceptors (Lipinski definition) is 3. The number of carbonyl (C=O) groups is 1. The highest BCUT2D eigenvalue weighted by Gasteiger charge is 2.30. The molecule has 4 nitrogen and oxygen atoms in total. The topological polar surface area (TPSA) is 73.1 Å². The third kappa shape index (κ3) is 4.85. The van der Waals surface area contributed by atoms with E-state index in [4.69, 9.17) is 10.4 Å². The molecule has 0 saturated heterocycles. The molecule has 0 spiro atoms. The maximum absolute atomic E-state index is 12.5. The molecule has 4 heteroatoms. The molecule has 0 radical (unpaired) electrons. The smallest absolute Gasteiger partial charge is 0.230 e. The predicted molar refractivity (Wildman–Crippen MR) is 87.3 cm³/mol. The van der Waals surface area contributed by atoms with Crippen molar-refractivity contribution in [2.24, 2.45) is 5.92 Å². The average molecular weight is 302 g/mol. The molecular formula is C18H26N2O2. The van der Waals surface area contributed by atoms with Gasteiger partial charge in [-0.05, 0) is 50.3 Å². The van der Waals surface area contributed by atoms with Crippen molar-refractivity contribution < 1.29 is 9.90 Å². The molecule has 1 unspecified atom stereocenters. The van der Waals surface area contributed by atoms with E-state index < -0.39 is 5.41 Å². The first-order valence-electron chi connectivity index (χ1n) is 7.85. The van der Waals surface area contributed by atoms with Crippen LogP contribution in [0.5, 0.6) is 0 Å². The maximum Gasteiger partial charge on any atom is 0.230 e. The Balaban J connectivity index is 2.75. The van der Waals surface area contributed by atoms with Crippen molar-refractivity contribution in [3.8, 4) is 6.07 Å². The Labute approximate surface area is 133 Å². The first kappa shape index (κ1) is 18.2. The van der Waals surface area contributed by atoms with Crippen molar-refractivity contribution >= 4 is 5.91 Å². The van der Waals surface area contributed by atoms with Gasteiger partial charge < -0.3 is 10.4 Å². The SMILES string of the molecule is CCCC(CCO)CNC(=O)C(C)(C)c1cccc(C#N)c1. The third-order valence-corrected chi connectivity index (χ3v) is 4.07. The van der Waals surface area contributed by atoms with E-state index >= 15 is 0 Å². The van der Waals surface area contributed by atoms with Crippen molar-refractivity contribution in [2.75, 3.05) is 13.2 Å². The quantitative estimate of drug-likeness (QED) is 0.775. The van der Waals surface area contributed by atoms with Crippen LogP contribution in [0.4, 0.5) is 0 Å². The van der Waals surface area contributed by atoms with Gasteiger partial charge in [-0.25, -0.2) is 0 Å². The number of aliphatic hydroxyl groups excluding tert-OH is 1. The lowest BCUT2D eigenvalue weighted by atomic mass is 9.83. The summed E-state index contributed by atoms with van der Waals surface area (Å²) in [6.07, 6.45) is 2.73. The summed E-state index contributed by atoms with van der Waals surface area (Å²) in [6.45, 7) is 6.55. The second-order valence-corrected chi connectivity index (χ2v) is 6.19. The number of rotatable bonds is 8. The van der Waals surface area contributed by atoms with Gasteiger partial charge in [0.25, 0.3) is 0 Å². The van der Waals surface area contributed by atoms with Gasteiger partial charge in [-0.1, -0.05) is 25.5 Å². The van der Waals surface area contributed by atoms with Crippen LogP contribution in [0.25, 0.3) is 0 Å². The van der Waals surface area contributed by atoms with Gasteiger partial charge in [0.2, 0.25) is 5.91 Å². The Bertz CT molecular complexity index is 526. The van der Waals surface area contributed by atoms with E-state index in [-0.39, 0.29) is 12.5 Å². The molecule has 0 aliphatic rings. The Morgan fingerprint density at radius 2 is 2.14 bits per heavy atom. The maximum atomic E-state index is 12.5. The number of hydrogen-bond donors (Lipinski definition) is 2. The molecule has 0 saturated carbocycles. The zero-order valence-electron chi connectivity index (χ0n) is 13.7. The van der Waals surface area contributed by atoms with E-state index in [0.717, 1.165) is 18.4 Å². The molecule has 0 fully saturated rings. The van der Waals surface area contributed by atoms with Crippen molar-refractivity contribution in [1.29, 1.82) is 5.26 Å². The minimum atomic E-state index is -0.692. The molecule has 0 bridgehead atoms. The van der Waals surface area contributed by atoms with Gasteiger partial charge in [-0.15, -0.1) is 0 Å². The van der Waals surface area contributed by atoms with Crippen LogP contribution < -0.4 is 5.32 Å². The van der Waals surface area contributed by atoms with Crippen LogP contribution in [-0.4, -0.2) is 24.2 Å². The molecule has 1 atom stereocenters. The van der Waals surface area contributed by atoms with Gasteiger partial charge in [0.1, 0.15) is 0 Å². The summed E-state index contributed by atoms with van der Waals surface area (Å²) in [5, 5.41) is 21.1. The highest BCUT2D eigenvalue weighted by Crippen LogP contribution is 2.24. The first-order valence-corrected chi connectivity index (χ1v) is 7.85. The Kier molecular flexibility index (Phi) is 7.07. The fraction of sp³-hybridized carbons (Fsp3) is 0.556. The van der Waals surface area contributed by atoms with Crippen LogP contribution in [0.15, 0.2) is 24.3 Å². The lowest BCUT2D eigenvalue weighted by Gasteiger charge is -2.26. The summed E-state index contributed by atoms with van der Waals surface area (Å²) in [4.78, 5) is 12.5. The van der Waals surface area contributed by atoms with Crippen molar-refractivity contribution in [2.45, 2.75) is 45.4 Å². The van der Waals surface area contributed by atoms with E-state index in [1.54, 1.807) is 18.2 Å². The van der Waals surface area contributed by atoms with Gasteiger partial charge in [0.05, 0.1) is 17.0 Å². The normalized spacial score (nSPS) is 12.5. The molecule has 0 aliphatic heterocycles. The van der Waals surface area contributed by atoms with E-state index in [0.29, 0.717) is 24.4 Å². The third-order valence-electron chi connectivity index (χ3n) is 4.07. The monoisotopic (exact) mass is 302 g/mol. The summed E-state index contributed by atoms with van der Waals surface area (Å²) in [5.41, 5.74) is 0.698. The van der Waals surface area contributed by atoms with Crippen LogP contribution in [0.2, 0.25) is 0 Å². The van der Waals surface area contributed by atoms with E-state index in [1.807, 2.05) is 19.9 Å². The summed E-state index contributed by atoms with van der Waals surface area (Å²) in [6, 6.07) is 9.27. The number of benzene rings is 1. The zero-order chi connectivity index (χ0) is 16.6. The van der Waals surface area contributed by atoms with Crippen LogP contribution in [-0.2, 0) is 10.2 Å². The number of nitrogens with one attached hydrogen (secondary N) is 1. The number of amides is 1. The van der Waals surface area contributed by atoms with E-state index in [2.05, 4.69) is 18.3 Å². The number of carbonyl (C=O) groups excluding carboxylic acids is 1. The van der Waals surface area contributed by atoms with Crippen LogP contribution in [0, 0.1) is 17.2 Å². The Hall–Kier alpha value is -1.86. The summed E-state index contributed by atoms with van der Waals surface area (Å²) >= 11 is 0. The first-order chi connectivity index (χ1) is 10.5. The largest absolute Gasteiger partial charge is 0.396 e. The summed E-state index contributed by atoms with van der Waals surface area (Å²) < 4.78 is 0. The second kappa shape index (κ2) is 8.55. The summed E-state index contributed by atoms with van der Waals surface area (Å²) in [7, 11) is 0. The molecule has 120 valence electrons. The molecule has 1 amide bonds. The minimum Gasteiger partial charge on any atom is -0.396 e. The molecule has 0 heterocycles. The number of aliphatic hydroxyl groups is 1. The molecule has 0 aromatic heterocycles. The molecule has 1 rings (SSSR count). The lowest BCUT2D eigenvalue weighted by molar-refractivity contribution is -0.125. The van der Waals surface area contributed by atoms with Gasteiger partial charge in [0, 0.05) is 13.2 Å². The lowest BCUT2D eigenvalue weighted by Crippen LogP contribution is -2.42. The highest BCUT2D eigenvalue weighted by molar-refractivity contribution is 5.87. The van der Waals surface area contributed by atoms with Gasteiger partial charge in [-0.2, -0.15) is 5.26 Å². The van der Waals surface area contributed by atoms with Crippen molar-refractivity contribution in [3.63, 3.8) is 0 Å². The van der Waals surface area contributed by atoms with Crippen LogP contribution in [0.3, 0.4) is 0 Å². The fourth-order valence-corrected chi connectivity index (χ4v) is 2.51. The Morgan fingerprint density at radius 3 is 2.73 bits per heavy atom. The molecule has 1 aromatic rings. The van der Waals surface area contributed by atoms with Crippen molar-refractivity contribution in [1.82, 2.24) is 5.32 Å². The van der Waals surface area contributed by atoms with Crippen LogP contribution in [0.1, 0.15) is 51.2 Å². The minimum absolute atomic E-state index is 0.0540. The highest BCUT2D eigenvalue weighted by atomic mass is 16.3. The van der Waals surface area contributed by atoms with E-state index in [1.165, 1.54) is 0 Å². The fourth-order valence-electron chi connectivity index (χ4n) is 2.51. The van der Waals surface area contributed by atoms with E-state index in [9.17, 15) is 4.79 Å². The van der Waals surface area contributed by atoms with Gasteiger partial charge in [0.15, 0.2) is 0 Å². The molecule has 0 aliphatic carbocycles. The second-order valence-electron chi connectivity index (χ2n) is 6.19. The number of nitrogens with zero attached hydrogens (tertiary/aromatic N) is 1. The molecule has 1 aromatic carbocycles. The standard InChI is InChI=1S/C18H26N2O2/c1-4-6-14(9-10-21)13-20-17(22)18(2,3)16-8-5-7-15(11-16)12-19/h5,7-8,11,14,21H,4,6,9-10,13H2,1-3H3,(H,20,22). The Morgan fingerprint density at radius 1 is 1.41 bits per heavy atom. The van der Waals surface area contributed by atoms with Gasteiger partial charge >= 0.3 is 0 Å². The molecular weight excluding hydrogens is 276 g/mol. The summed E-state index contributed by atoms with van der Waals surface area (Å²) in [5.74, 6) is 0.252. The predicted octanol–water partition coefficient (Wildman–Crippen LogP) is 2.75. The van der Waals surface area contributed by atoms with Crippen molar-refractivity contribution in [3.05, 3.63) is 35.4 Å². The van der Waals surface area contributed by atoms with Gasteiger partial charge in [-0.3, -0.25) is 4.79 Å². The molecule has 22 heavy (non-hydrogen) atoms. The van der Waals surface area contributed by atoms with Crippen LogP contribution >= 0.6 is 0 Å².